The second kappa shape index (κ2) is 5.00. The minimum absolute atomic E-state index is 0.0845. The zero-order valence-electron chi connectivity index (χ0n) is 8.76. The molecule has 0 unspecified atom stereocenters. The molecule has 0 aliphatic rings. The third-order valence-electron chi connectivity index (χ3n) is 2.27. The zero-order valence-corrected chi connectivity index (χ0v) is 12.7. The Morgan fingerprint density at radius 3 is 2.53 bits per heavy atom. The Kier molecular flexibility index (Phi) is 3.80. The largest absolute Gasteiger partial charge is 0.288 e. The second-order valence-electron chi connectivity index (χ2n) is 3.44. The maximum Gasteiger partial charge on any atom is 0.207 e. The Labute approximate surface area is 119 Å². The van der Waals surface area contributed by atoms with Crippen LogP contribution in [0.3, 0.4) is 0 Å². The molecule has 0 bridgehead atoms. The Hall–Kier alpha value is -0.520. The van der Waals surface area contributed by atoms with Crippen LogP contribution < -0.4 is 0 Å². The molecule has 0 radical (unpaired) electrons. The molecular formula is C12H7Br2FOS. The number of carbonyl (C=O) groups excluding carboxylic acids is 1. The van der Waals surface area contributed by atoms with Gasteiger partial charge in [-0.05, 0) is 57.0 Å². The smallest absolute Gasteiger partial charge is 0.207 e. The molecular weight excluding hydrogens is 371 g/mol. The van der Waals surface area contributed by atoms with Gasteiger partial charge in [0.15, 0.2) is 0 Å². The molecule has 2 aromatic rings. The minimum atomic E-state index is -0.508. The fourth-order valence-corrected chi connectivity index (χ4v) is 3.41. The number of rotatable bonds is 2. The van der Waals surface area contributed by atoms with E-state index >= 15 is 0 Å². The number of hydrogen-bond acceptors (Lipinski definition) is 2. The predicted octanol–water partition coefficient (Wildman–Crippen LogP) is 4.95. The first-order chi connectivity index (χ1) is 8.00. The molecule has 0 aliphatic heterocycles. The molecule has 0 saturated heterocycles. The predicted molar refractivity (Wildman–Crippen MR) is 74.3 cm³/mol. The molecule has 2 rings (SSSR count). The molecule has 0 saturated carbocycles. The van der Waals surface area contributed by atoms with Gasteiger partial charge in [-0.2, -0.15) is 0 Å². The Morgan fingerprint density at radius 1 is 1.29 bits per heavy atom. The molecule has 1 heterocycles. The average Bonchev–Trinajstić information content (AvgIpc) is 2.59. The number of thiophene rings is 1. The van der Waals surface area contributed by atoms with Crippen molar-refractivity contribution in [3.8, 4) is 0 Å². The molecule has 88 valence electrons. The van der Waals surface area contributed by atoms with Gasteiger partial charge in [-0.1, -0.05) is 6.07 Å². The van der Waals surface area contributed by atoms with Crippen LogP contribution in [0, 0.1) is 12.7 Å². The molecule has 0 spiro atoms. The lowest BCUT2D eigenvalue weighted by molar-refractivity contribution is 0.103. The summed E-state index contributed by atoms with van der Waals surface area (Å²) in [5.74, 6) is -0.805. The molecule has 5 heteroatoms. The highest BCUT2D eigenvalue weighted by molar-refractivity contribution is 9.10. The summed E-state index contributed by atoms with van der Waals surface area (Å²) in [7, 11) is 0. The van der Waals surface area contributed by atoms with E-state index < -0.39 is 5.82 Å². The molecule has 0 N–H and O–H groups in total. The van der Waals surface area contributed by atoms with Crippen LogP contribution in [0.2, 0.25) is 0 Å². The highest BCUT2D eigenvalue weighted by Crippen LogP contribution is 2.30. The third-order valence-corrected chi connectivity index (χ3v) is 5.07. The van der Waals surface area contributed by atoms with Gasteiger partial charge in [0.1, 0.15) is 5.82 Å². The van der Waals surface area contributed by atoms with Crippen molar-refractivity contribution in [3.05, 3.63) is 54.3 Å². The van der Waals surface area contributed by atoms with Crippen molar-refractivity contribution in [2.75, 3.05) is 0 Å². The summed E-state index contributed by atoms with van der Waals surface area (Å²) >= 11 is 7.90. The molecule has 0 atom stereocenters. The topological polar surface area (TPSA) is 17.1 Å². The monoisotopic (exact) mass is 376 g/mol. The van der Waals surface area contributed by atoms with Crippen molar-refractivity contribution in [1.29, 1.82) is 0 Å². The minimum Gasteiger partial charge on any atom is -0.288 e. The quantitative estimate of drug-likeness (QED) is 0.676. The molecule has 0 aliphatic carbocycles. The number of carbonyl (C=O) groups is 1. The van der Waals surface area contributed by atoms with E-state index in [1.54, 1.807) is 18.2 Å². The molecule has 1 aromatic carbocycles. The van der Waals surface area contributed by atoms with Gasteiger partial charge >= 0.3 is 0 Å². The van der Waals surface area contributed by atoms with E-state index in [1.165, 1.54) is 17.4 Å². The van der Waals surface area contributed by atoms with Gasteiger partial charge in [0.25, 0.3) is 0 Å². The second-order valence-corrected chi connectivity index (χ2v) is 6.41. The van der Waals surface area contributed by atoms with Crippen LogP contribution >= 0.6 is 43.2 Å². The van der Waals surface area contributed by atoms with E-state index in [9.17, 15) is 9.18 Å². The third kappa shape index (κ3) is 2.51. The van der Waals surface area contributed by atoms with E-state index in [0.717, 1.165) is 9.35 Å². The fraction of sp³-hybridized carbons (Fsp3) is 0.0833. The lowest BCUT2D eigenvalue weighted by Gasteiger charge is -2.02. The summed E-state index contributed by atoms with van der Waals surface area (Å²) in [6.07, 6.45) is 0. The lowest BCUT2D eigenvalue weighted by Crippen LogP contribution is -2.03. The molecule has 17 heavy (non-hydrogen) atoms. The van der Waals surface area contributed by atoms with Gasteiger partial charge in [-0.15, -0.1) is 11.3 Å². The van der Waals surface area contributed by atoms with Crippen molar-refractivity contribution in [1.82, 2.24) is 0 Å². The van der Waals surface area contributed by atoms with Crippen molar-refractivity contribution >= 4 is 49.0 Å². The Morgan fingerprint density at radius 2 is 2.00 bits per heavy atom. The van der Waals surface area contributed by atoms with Crippen LogP contribution in [-0.2, 0) is 0 Å². The Balaban J connectivity index is 2.51. The number of halogens is 3. The van der Waals surface area contributed by atoms with Crippen molar-refractivity contribution in [3.63, 3.8) is 0 Å². The first-order valence-electron chi connectivity index (χ1n) is 4.75. The maximum atomic E-state index is 13.6. The molecule has 1 aromatic heterocycles. The first-order valence-corrected chi connectivity index (χ1v) is 7.15. The van der Waals surface area contributed by atoms with E-state index in [1.807, 2.05) is 6.92 Å². The number of benzene rings is 1. The molecule has 1 nitrogen and oxygen atoms in total. The van der Waals surface area contributed by atoms with E-state index in [0.29, 0.717) is 9.35 Å². The number of hydrogen-bond donors (Lipinski definition) is 0. The van der Waals surface area contributed by atoms with Gasteiger partial charge in [0.05, 0.1) is 10.4 Å². The van der Waals surface area contributed by atoms with Crippen LogP contribution in [0.4, 0.5) is 4.39 Å². The molecule has 0 amide bonds. The van der Waals surface area contributed by atoms with E-state index in [2.05, 4.69) is 31.9 Å². The van der Waals surface area contributed by atoms with Gasteiger partial charge in [0.2, 0.25) is 5.78 Å². The lowest BCUT2D eigenvalue weighted by atomic mass is 10.1. The normalized spacial score (nSPS) is 10.6. The van der Waals surface area contributed by atoms with Crippen LogP contribution in [0.1, 0.15) is 20.1 Å². The highest BCUT2D eigenvalue weighted by Gasteiger charge is 2.19. The Bertz CT molecular complexity index is 552. The zero-order chi connectivity index (χ0) is 12.6. The summed E-state index contributed by atoms with van der Waals surface area (Å²) in [5.41, 5.74) is 0.0845. The standard InChI is InChI=1S/C12H7Br2FOS/c1-6-8(14)5-10(17-6)12(16)11-7(13)3-2-4-9(11)15/h2-5H,1H3. The average molecular weight is 378 g/mol. The van der Waals surface area contributed by atoms with Crippen molar-refractivity contribution < 1.29 is 9.18 Å². The summed E-state index contributed by atoms with van der Waals surface area (Å²) in [5, 5.41) is 0. The SMILES string of the molecule is Cc1sc(C(=O)c2c(F)cccc2Br)cc1Br. The van der Waals surface area contributed by atoms with E-state index in [-0.39, 0.29) is 11.3 Å². The highest BCUT2D eigenvalue weighted by atomic mass is 79.9. The van der Waals surface area contributed by atoms with E-state index in [4.69, 9.17) is 0 Å². The van der Waals surface area contributed by atoms with Gasteiger partial charge in [0, 0.05) is 13.8 Å². The van der Waals surface area contributed by atoms with Gasteiger partial charge < -0.3 is 0 Å². The van der Waals surface area contributed by atoms with Crippen LogP contribution in [-0.4, -0.2) is 5.78 Å². The summed E-state index contributed by atoms with van der Waals surface area (Å²) in [4.78, 5) is 13.7. The van der Waals surface area contributed by atoms with Gasteiger partial charge in [-0.25, -0.2) is 4.39 Å². The van der Waals surface area contributed by atoms with Crippen LogP contribution in [0.25, 0.3) is 0 Å². The van der Waals surface area contributed by atoms with Crippen molar-refractivity contribution in [2.45, 2.75) is 6.92 Å². The summed E-state index contributed by atoms with van der Waals surface area (Å²) in [6, 6.07) is 6.23. The van der Waals surface area contributed by atoms with Gasteiger partial charge in [-0.3, -0.25) is 4.79 Å². The number of aryl methyl sites for hydroxylation is 1. The van der Waals surface area contributed by atoms with Crippen LogP contribution in [0.5, 0.6) is 0 Å². The number of ketones is 1. The maximum absolute atomic E-state index is 13.6. The molecule has 0 fully saturated rings. The summed E-state index contributed by atoms with van der Waals surface area (Å²) in [6.45, 7) is 1.90. The fourth-order valence-electron chi connectivity index (χ4n) is 1.41. The summed E-state index contributed by atoms with van der Waals surface area (Å²) < 4.78 is 15.0. The van der Waals surface area contributed by atoms with Crippen molar-refractivity contribution in [2.24, 2.45) is 0 Å². The first kappa shape index (κ1) is 12.9. The van der Waals surface area contributed by atoms with Crippen LogP contribution in [0.15, 0.2) is 33.2 Å².